The van der Waals surface area contributed by atoms with Gasteiger partial charge in [0.2, 0.25) is 11.6 Å². The fourth-order valence-electron chi connectivity index (χ4n) is 1.80. The van der Waals surface area contributed by atoms with Crippen LogP contribution in [0.3, 0.4) is 0 Å². The molecule has 0 aliphatic rings. The number of nitrogens with two attached hydrogens (primary N) is 1. The van der Waals surface area contributed by atoms with Crippen molar-refractivity contribution in [2.45, 2.75) is 13.5 Å². The zero-order valence-electron chi connectivity index (χ0n) is 11.7. The summed E-state index contributed by atoms with van der Waals surface area (Å²) in [6.07, 6.45) is 1.58. The Morgan fingerprint density at radius 1 is 1.38 bits per heavy atom. The smallest absolute Gasteiger partial charge is 0.315 e. The summed E-state index contributed by atoms with van der Waals surface area (Å²) in [6.45, 7) is 2.17. The Hall–Kier alpha value is -2.67. The van der Waals surface area contributed by atoms with Crippen molar-refractivity contribution in [3.05, 3.63) is 51.7 Å². The summed E-state index contributed by atoms with van der Waals surface area (Å²) < 4.78 is 10.5. The molecule has 110 valence electrons. The van der Waals surface area contributed by atoms with Gasteiger partial charge in [0, 0.05) is 18.3 Å². The molecule has 2 aromatic rings. The van der Waals surface area contributed by atoms with Crippen LogP contribution in [-0.4, -0.2) is 17.0 Å². The van der Waals surface area contributed by atoms with Crippen molar-refractivity contribution in [3.8, 4) is 17.4 Å². The van der Waals surface area contributed by atoms with E-state index < -0.39 is 4.92 Å². The maximum absolute atomic E-state index is 11.1. The van der Waals surface area contributed by atoms with E-state index in [1.165, 1.54) is 19.2 Å². The molecule has 0 fully saturated rings. The predicted octanol–water partition coefficient (Wildman–Crippen LogP) is 2.56. The molecule has 0 saturated carbocycles. The van der Waals surface area contributed by atoms with Crippen molar-refractivity contribution in [3.63, 3.8) is 0 Å². The molecule has 0 aliphatic carbocycles. The van der Waals surface area contributed by atoms with Gasteiger partial charge in [0.15, 0.2) is 0 Å². The molecule has 0 spiro atoms. The normalized spacial score (nSPS) is 10.2. The number of nitro groups is 1. The lowest BCUT2D eigenvalue weighted by atomic mass is 10.2. The zero-order chi connectivity index (χ0) is 15.4. The maximum atomic E-state index is 11.1. The first-order chi connectivity index (χ1) is 10.0. The summed E-state index contributed by atoms with van der Waals surface area (Å²) in [5, 5.41) is 11.1. The standard InChI is InChI=1S/C14H15N3O4/c1-9-5-10(7-15)8-16-14(9)21-13-4-3-11(20-2)6-12(13)17(18)19/h3-6,8H,7,15H2,1-2H3. The number of aryl methyl sites for hydroxylation is 1. The van der Waals surface area contributed by atoms with E-state index in [0.717, 1.165) is 11.1 Å². The van der Waals surface area contributed by atoms with Crippen molar-refractivity contribution in [2.75, 3.05) is 7.11 Å². The van der Waals surface area contributed by atoms with Gasteiger partial charge < -0.3 is 15.2 Å². The minimum atomic E-state index is -0.526. The van der Waals surface area contributed by atoms with Crippen molar-refractivity contribution in [1.82, 2.24) is 4.98 Å². The van der Waals surface area contributed by atoms with Gasteiger partial charge >= 0.3 is 5.69 Å². The van der Waals surface area contributed by atoms with Crippen molar-refractivity contribution in [1.29, 1.82) is 0 Å². The summed E-state index contributed by atoms with van der Waals surface area (Å²) in [6, 6.07) is 6.21. The number of ether oxygens (including phenoxy) is 2. The number of hydrogen-bond donors (Lipinski definition) is 1. The van der Waals surface area contributed by atoms with Crippen molar-refractivity contribution < 1.29 is 14.4 Å². The number of hydrogen-bond acceptors (Lipinski definition) is 6. The number of nitrogens with zero attached hydrogens (tertiary/aromatic N) is 2. The van der Waals surface area contributed by atoms with Gasteiger partial charge in [-0.2, -0.15) is 0 Å². The molecule has 0 radical (unpaired) electrons. The Balaban J connectivity index is 2.37. The Labute approximate surface area is 121 Å². The molecule has 0 saturated heterocycles. The summed E-state index contributed by atoms with van der Waals surface area (Å²) in [7, 11) is 1.44. The monoisotopic (exact) mass is 289 g/mol. The second-order valence-electron chi connectivity index (χ2n) is 4.36. The van der Waals surface area contributed by atoms with E-state index in [4.69, 9.17) is 15.2 Å². The summed E-state index contributed by atoms with van der Waals surface area (Å²) in [5.41, 5.74) is 6.97. The van der Waals surface area contributed by atoms with E-state index in [0.29, 0.717) is 18.2 Å². The summed E-state index contributed by atoms with van der Waals surface area (Å²) in [4.78, 5) is 14.7. The topological polar surface area (TPSA) is 101 Å². The van der Waals surface area contributed by atoms with Crippen LogP contribution < -0.4 is 15.2 Å². The van der Waals surface area contributed by atoms with E-state index in [1.54, 1.807) is 19.2 Å². The van der Waals surface area contributed by atoms with E-state index in [1.807, 2.05) is 6.07 Å². The SMILES string of the molecule is COc1ccc(Oc2ncc(CN)cc2C)c([N+](=O)[O-])c1. The Morgan fingerprint density at radius 3 is 2.71 bits per heavy atom. The molecule has 1 aromatic heterocycles. The molecular formula is C14H15N3O4. The van der Waals surface area contributed by atoms with Crippen LogP contribution in [0.1, 0.15) is 11.1 Å². The van der Waals surface area contributed by atoms with E-state index in [9.17, 15) is 10.1 Å². The predicted molar refractivity (Wildman–Crippen MR) is 76.6 cm³/mol. The van der Waals surface area contributed by atoms with Crippen LogP contribution in [0.2, 0.25) is 0 Å². The van der Waals surface area contributed by atoms with Gasteiger partial charge in [-0.05, 0) is 30.7 Å². The van der Waals surface area contributed by atoms with E-state index in [2.05, 4.69) is 4.98 Å². The van der Waals surface area contributed by atoms with Gasteiger partial charge in [0.25, 0.3) is 0 Å². The molecule has 0 bridgehead atoms. The Morgan fingerprint density at radius 2 is 2.14 bits per heavy atom. The summed E-state index contributed by atoms with van der Waals surface area (Å²) >= 11 is 0. The highest BCUT2D eigenvalue weighted by Gasteiger charge is 2.18. The first kappa shape index (κ1) is 14.7. The van der Waals surface area contributed by atoms with Gasteiger partial charge in [0.1, 0.15) is 5.75 Å². The third kappa shape index (κ3) is 3.26. The lowest BCUT2D eigenvalue weighted by molar-refractivity contribution is -0.385. The molecule has 0 unspecified atom stereocenters. The molecule has 0 amide bonds. The maximum Gasteiger partial charge on any atom is 0.315 e. The number of nitro benzene ring substituents is 1. The second-order valence-corrected chi connectivity index (χ2v) is 4.36. The molecule has 2 rings (SSSR count). The number of pyridine rings is 1. The minimum absolute atomic E-state index is 0.108. The average Bonchev–Trinajstić information content (AvgIpc) is 2.49. The van der Waals surface area contributed by atoms with Crippen molar-refractivity contribution in [2.24, 2.45) is 5.73 Å². The molecule has 7 heteroatoms. The summed E-state index contributed by atoms with van der Waals surface area (Å²) in [5.74, 6) is 0.801. The fourth-order valence-corrected chi connectivity index (χ4v) is 1.80. The van der Waals surface area contributed by atoms with Crippen molar-refractivity contribution >= 4 is 5.69 Å². The quantitative estimate of drug-likeness (QED) is 0.670. The van der Waals surface area contributed by atoms with Crippen LogP contribution in [-0.2, 0) is 6.54 Å². The van der Waals surface area contributed by atoms with Gasteiger partial charge in [0.05, 0.1) is 18.1 Å². The molecule has 21 heavy (non-hydrogen) atoms. The van der Waals surface area contributed by atoms with Crippen LogP contribution in [0.15, 0.2) is 30.5 Å². The highest BCUT2D eigenvalue weighted by molar-refractivity contribution is 5.52. The molecule has 1 aromatic carbocycles. The molecular weight excluding hydrogens is 274 g/mol. The van der Waals surface area contributed by atoms with Crippen LogP contribution in [0.4, 0.5) is 5.69 Å². The fraction of sp³-hybridized carbons (Fsp3) is 0.214. The molecule has 0 atom stereocenters. The lowest BCUT2D eigenvalue weighted by Gasteiger charge is -2.09. The first-order valence-electron chi connectivity index (χ1n) is 6.21. The molecule has 7 nitrogen and oxygen atoms in total. The number of methoxy groups -OCH3 is 1. The van der Waals surface area contributed by atoms with Crippen LogP contribution in [0.25, 0.3) is 0 Å². The van der Waals surface area contributed by atoms with E-state index >= 15 is 0 Å². The number of rotatable bonds is 5. The van der Waals surface area contributed by atoms with Gasteiger partial charge in [-0.1, -0.05) is 0 Å². The minimum Gasteiger partial charge on any atom is -0.496 e. The largest absolute Gasteiger partial charge is 0.496 e. The Bertz CT molecular complexity index is 673. The van der Waals surface area contributed by atoms with Gasteiger partial charge in [-0.15, -0.1) is 0 Å². The van der Waals surface area contributed by atoms with Gasteiger partial charge in [-0.25, -0.2) is 4.98 Å². The van der Waals surface area contributed by atoms with Crippen LogP contribution in [0.5, 0.6) is 17.4 Å². The van der Waals surface area contributed by atoms with Gasteiger partial charge in [-0.3, -0.25) is 10.1 Å². The lowest BCUT2D eigenvalue weighted by Crippen LogP contribution is -2.00. The number of aromatic nitrogens is 1. The Kier molecular flexibility index (Phi) is 4.34. The number of benzene rings is 1. The zero-order valence-corrected chi connectivity index (χ0v) is 11.7. The molecule has 0 aliphatic heterocycles. The third-order valence-electron chi connectivity index (χ3n) is 2.89. The average molecular weight is 289 g/mol. The molecule has 2 N–H and O–H groups in total. The highest BCUT2D eigenvalue weighted by atomic mass is 16.6. The molecule has 1 heterocycles. The van der Waals surface area contributed by atoms with E-state index in [-0.39, 0.29) is 11.4 Å². The highest BCUT2D eigenvalue weighted by Crippen LogP contribution is 2.34. The van der Waals surface area contributed by atoms with Crippen LogP contribution >= 0.6 is 0 Å². The third-order valence-corrected chi connectivity index (χ3v) is 2.89. The van der Waals surface area contributed by atoms with Crippen LogP contribution in [0, 0.1) is 17.0 Å². The second kappa shape index (κ2) is 6.19. The first-order valence-corrected chi connectivity index (χ1v) is 6.21.